The fourth-order valence-electron chi connectivity index (χ4n) is 4.68. The van der Waals surface area contributed by atoms with E-state index in [0.29, 0.717) is 10.7 Å². The molecule has 2 fully saturated rings. The lowest BCUT2D eigenvalue weighted by Crippen LogP contribution is -2.68. The number of hydrogen-bond acceptors (Lipinski definition) is 4. The molecule has 32 heavy (non-hydrogen) atoms. The Morgan fingerprint density at radius 1 is 1.16 bits per heavy atom. The predicted octanol–water partition coefficient (Wildman–Crippen LogP) is 3.83. The number of aryl methyl sites for hydroxylation is 1. The molecule has 2 aromatic rings. The number of halogens is 3. The number of benzene rings is 2. The lowest BCUT2D eigenvalue weighted by molar-refractivity contribution is -0.140. The molecule has 1 amide bonds. The molecule has 2 saturated heterocycles. The Morgan fingerprint density at radius 2 is 1.78 bits per heavy atom. The molecule has 0 aromatic heterocycles. The SMILES string of the molecule is Cc1cc(/C=C/C(=O)N2C3CN(C)CC2CN(Cc2ccc(F)cc2)C3)c(N)cc1Cl.Cl. The van der Waals surface area contributed by atoms with Crippen LogP contribution in [-0.4, -0.2) is 65.9 Å². The average molecular weight is 479 g/mol. The van der Waals surface area contributed by atoms with Gasteiger partial charge >= 0.3 is 0 Å². The number of piperazine rings is 2. The van der Waals surface area contributed by atoms with Gasteiger partial charge < -0.3 is 15.5 Å². The van der Waals surface area contributed by atoms with Crippen LogP contribution in [-0.2, 0) is 11.3 Å². The molecule has 2 heterocycles. The fourth-order valence-corrected chi connectivity index (χ4v) is 4.85. The molecule has 0 radical (unpaired) electrons. The zero-order valence-electron chi connectivity index (χ0n) is 18.3. The van der Waals surface area contributed by atoms with Gasteiger partial charge in [-0.1, -0.05) is 23.7 Å². The van der Waals surface area contributed by atoms with Crippen LogP contribution in [0, 0.1) is 12.7 Å². The molecule has 0 aliphatic carbocycles. The number of rotatable bonds is 4. The second-order valence-corrected chi connectivity index (χ2v) is 9.07. The van der Waals surface area contributed by atoms with Crippen LogP contribution >= 0.6 is 24.0 Å². The number of fused-ring (bicyclic) bond motifs is 2. The van der Waals surface area contributed by atoms with E-state index in [0.717, 1.165) is 49.4 Å². The molecule has 0 saturated carbocycles. The van der Waals surface area contributed by atoms with Crippen LogP contribution in [0.1, 0.15) is 16.7 Å². The van der Waals surface area contributed by atoms with E-state index in [9.17, 15) is 9.18 Å². The molecule has 172 valence electrons. The number of nitrogens with two attached hydrogens (primary N) is 1. The summed E-state index contributed by atoms with van der Waals surface area (Å²) in [6.45, 7) is 5.92. The maximum Gasteiger partial charge on any atom is 0.247 e. The van der Waals surface area contributed by atoms with Crippen LogP contribution in [0.4, 0.5) is 10.1 Å². The van der Waals surface area contributed by atoms with Crippen molar-refractivity contribution in [1.82, 2.24) is 14.7 Å². The first-order chi connectivity index (χ1) is 14.8. The minimum Gasteiger partial charge on any atom is -0.398 e. The van der Waals surface area contributed by atoms with Crippen molar-refractivity contribution >= 4 is 41.7 Å². The Labute approximate surface area is 200 Å². The van der Waals surface area contributed by atoms with Crippen LogP contribution in [0.5, 0.6) is 0 Å². The normalized spacial score (nSPS) is 21.6. The second kappa shape index (κ2) is 10.2. The molecule has 2 N–H and O–H groups in total. The van der Waals surface area contributed by atoms with E-state index < -0.39 is 0 Å². The highest BCUT2D eigenvalue weighted by Crippen LogP contribution is 2.26. The largest absolute Gasteiger partial charge is 0.398 e. The Morgan fingerprint density at radius 3 is 2.41 bits per heavy atom. The molecule has 2 aliphatic heterocycles. The fraction of sp³-hybridized carbons (Fsp3) is 0.375. The summed E-state index contributed by atoms with van der Waals surface area (Å²) in [6.07, 6.45) is 3.41. The first-order valence-corrected chi connectivity index (χ1v) is 10.9. The van der Waals surface area contributed by atoms with Crippen LogP contribution in [0.2, 0.25) is 5.02 Å². The quantitative estimate of drug-likeness (QED) is 0.535. The zero-order valence-corrected chi connectivity index (χ0v) is 19.9. The summed E-state index contributed by atoms with van der Waals surface area (Å²) in [5, 5.41) is 0.621. The van der Waals surface area contributed by atoms with Gasteiger partial charge in [-0.2, -0.15) is 0 Å². The standard InChI is InChI=1S/C24H28ClFN4O.ClH/c1-16-9-18(23(27)10-22(16)25)5-8-24(31)30-20-12-28(2)13-21(30)15-29(14-20)11-17-3-6-19(26)7-4-17;/h3-10,20-21H,11-15,27H2,1-2H3;1H/b8-5+;. The third-order valence-corrected chi connectivity index (χ3v) is 6.52. The number of nitrogens with zero attached hydrogens (tertiary/aromatic N) is 3. The third-order valence-electron chi connectivity index (χ3n) is 6.11. The molecule has 2 aliphatic rings. The Balaban J connectivity index is 0.00000289. The van der Waals surface area contributed by atoms with Crippen LogP contribution in [0.15, 0.2) is 42.5 Å². The number of carbonyl (C=O) groups excluding carboxylic acids is 1. The van der Waals surface area contributed by atoms with Gasteiger partial charge in [-0.05, 0) is 61.0 Å². The van der Waals surface area contributed by atoms with E-state index in [1.165, 1.54) is 12.1 Å². The maximum absolute atomic E-state index is 13.2. The highest BCUT2D eigenvalue weighted by Gasteiger charge is 2.41. The third kappa shape index (κ3) is 5.44. The number of nitrogen functional groups attached to an aromatic ring is 1. The van der Waals surface area contributed by atoms with Crippen molar-refractivity contribution in [1.29, 1.82) is 0 Å². The number of carbonyl (C=O) groups is 1. The minimum atomic E-state index is -0.221. The highest BCUT2D eigenvalue weighted by atomic mass is 35.5. The molecule has 5 nitrogen and oxygen atoms in total. The summed E-state index contributed by atoms with van der Waals surface area (Å²) in [4.78, 5) is 19.8. The van der Waals surface area contributed by atoms with Gasteiger partial charge in [0.2, 0.25) is 5.91 Å². The van der Waals surface area contributed by atoms with Gasteiger partial charge in [-0.25, -0.2) is 4.39 Å². The topological polar surface area (TPSA) is 52.8 Å². The molecule has 8 heteroatoms. The van der Waals surface area contributed by atoms with E-state index in [2.05, 4.69) is 16.8 Å². The number of hydrogen-bond donors (Lipinski definition) is 1. The van der Waals surface area contributed by atoms with Crippen molar-refractivity contribution in [3.63, 3.8) is 0 Å². The lowest BCUT2D eigenvalue weighted by atomic mass is 9.99. The Kier molecular flexibility index (Phi) is 7.83. The van der Waals surface area contributed by atoms with Crippen molar-refractivity contribution < 1.29 is 9.18 Å². The molecule has 0 spiro atoms. The summed E-state index contributed by atoms with van der Waals surface area (Å²) < 4.78 is 13.2. The molecular weight excluding hydrogens is 450 g/mol. The van der Waals surface area contributed by atoms with Gasteiger partial charge in [-0.3, -0.25) is 9.69 Å². The lowest BCUT2D eigenvalue weighted by Gasteiger charge is -2.52. The summed E-state index contributed by atoms with van der Waals surface area (Å²) in [7, 11) is 2.10. The molecular formula is C24H29Cl2FN4O. The zero-order chi connectivity index (χ0) is 22.1. The van der Waals surface area contributed by atoms with E-state index >= 15 is 0 Å². The van der Waals surface area contributed by atoms with Crippen LogP contribution in [0.25, 0.3) is 6.08 Å². The highest BCUT2D eigenvalue weighted by molar-refractivity contribution is 6.31. The smallest absolute Gasteiger partial charge is 0.247 e. The van der Waals surface area contributed by atoms with Crippen molar-refractivity contribution in [2.24, 2.45) is 0 Å². The number of amides is 1. The maximum atomic E-state index is 13.2. The molecule has 4 rings (SSSR count). The van der Waals surface area contributed by atoms with Crippen LogP contribution < -0.4 is 5.73 Å². The monoisotopic (exact) mass is 478 g/mol. The Bertz CT molecular complexity index is 982. The van der Waals surface area contributed by atoms with E-state index in [4.69, 9.17) is 17.3 Å². The van der Waals surface area contributed by atoms with Gasteiger partial charge in [-0.15, -0.1) is 12.4 Å². The summed E-state index contributed by atoms with van der Waals surface area (Å²) >= 11 is 6.12. The van der Waals surface area contributed by atoms with E-state index in [1.807, 2.05) is 30.0 Å². The van der Waals surface area contributed by atoms with Crippen molar-refractivity contribution in [2.75, 3.05) is 39.0 Å². The first-order valence-electron chi connectivity index (χ1n) is 10.5. The predicted molar refractivity (Wildman–Crippen MR) is 130 cm³/mol. The van der Waals surface area contributed by atoms with Gasteiger partial charge in [0, 0.05) is 49.5 Å². The van der Waals surface area contributed by atoms with Crippen LogP contribution in [0.3, 0.4) is 0 Å². The van der Waals surface area contributed by atoms with Crippen molar-refractivity contribution in [3.8, 4) is 0 Å². The van der Waals surface area contributed by atoms with E-state index in [-0.39, 0.29) is 36.2 Å². The van der Waals surface area contributed by atoms with Gasteiger partial charge in [0.15, 0.2) is 0 Å². The van der Waals surface area contributed by atoms with Gasteiger partial charge in [0.05, 0.1) is 12.1 Å². The summed E-state index contributed by atoms with van der Waals surface area (Å²) in [5.41, 5.74) is 9.44. The van der Waals surface area contributed by atoms with Crippen molar-refractivity contribution in [2.45, 2.75) is 25.6 Å². The van der Waals surface area contributed by atoms with Gasteiger partial charge in [0.1, 0.15) is 5.82 Å². The second-order valence-electron chi connectivity index (χ2n) is 8.66. The summed E-state index contributed by atoms with van der Waals surface area (Å²) in [5.74, 6) is -0.211. The van der Waals surface area contributed by atoms with E-state index in [1.54, 1.807) is 18.2 Å². The van der Waals surface area contributed by atoms with Crippen molar-refractivity contribution in [3.05, 3.63) is 70.0 Å². The summed E-state index contributed by atoms with van der Waals surface area (Å²) in [6, 6.07) is 10.5. The first kappa shape index (κ1) is 24.5. The number of likely N-dealkylation sites (N-methyl/N-ethyl adjacent to an activating group) is 1. The Hall–Kier alpha value is -2.12. The molecule has 2 unspecified atom stereocenters. The van der Waals surface area contributed by atoms with Gasteiger partial charge in [0.25, 0.3) is 0 Å². The average Bonchev–Trinajstić information content (AvgIpc) is 2.70. The molecule has 2 atom stereocenters. The minimum absolute atomic E-state index is 0. The number of anilines is 1. The molecule has 2 aromatic carbocycles. The molecule has 2 bridgehead atoms.